The number of non-ortho nitro benzene ring substituents is 1. The minimum atomic E-state index is -1.12. The van der Waals surface area contributed by atoms with Crippen molar-refractivity contribution in [3.63, 3.8) is 0 Å². The maximum absolute atomic E-state index is 11.8. The lowest BCUT2D eigenvalue weighted by Crippen LogP contribution is -2.41. The average molecular weight is 292 g/mol. The van der Waals surface area contributed by atoms with Crippen molar-refractivity contribution in [1.82, 2.24) is 5.32 Å². The van der Waals surface area contributed by atoms with E-state index in [4.69, 9.17) is 5.11 Å². The number of carboxylic acids is 1. The molecule has 112 valence electrons. The predicted molar refractivity (Wildman–Crippen MR) is 75.8 cm³/mol. The van der Waals surface area contributed by atoms with E-state index in [1.807, 2.05) is 0 Å². The number of carbonyl (C=O) groups excluding carboxylic acids is 1. The van der Waals surface area contributed by atoms with Gasteiger partial charge in [-0.1, -0.05) is 24.3 Å². The molecule has 1 unspecified atom stereocenters. The Balaban J connectivity index is 2.69. The number of carboxylic acid groups (broad SMARTS) is 1. The highest BCUT2D eigenvalue weighted by Crippen LogP contribution is 2.13. The summed E-state index contributed by atoms with van der Waals surface area (Å²) in [7, 11) is 0. The van der Waals surface area contributed by atoms with Gasteiger partial charge in [-0.15, -0.1) is 0 Å². The van der Waals surface area contributed by atoms with Crippen molar-refractivity contribution in [2.45, 2.75) is 25.8 Å². The molecule has 0 radical (unpaired) electrons. The van der Waals surface area contributed by atoms with E-state index in [-0.39, 0.29) is 18.5 Å². The molecule has 0 aliphatic heterocycles. The van der Waals surface area contributed by atoms with Crippen molar-refractivity contribution in [3.8, 4) is 0 Å². The number of nitro benzene ring substituents is 1. The SMILES string of the molecule is C/C=C/CC(NC(=O)Cc1cccc([N+](=O)[O-])c1)C(=O)O. The topological polar surface area (TPSA) is 110 Å². The van der Waals surface area contributed by atoms with Crippen molar-refractivity contribution >= 4 is 17.6 Å². The first kappa shape index (κ1) is 16.4. The molecule has 1 aromatic carbocycles. The van der Waals surface area contributed by atoms with Crippen LogP contribution < -0.4 is 5.32 Å². The Morgan fingerprint density at radius 2 is 2.19 bits per heavy atom. The largest absolute Gasteiger partial charge is 0.480 e. The van der Waals surface area contributed by atoms with Gasteiger partial charge in [-0.25, -0.2) is 4.79 Å². The third-order valence-electron chi connectivity index (χ3n) is 2.73. The van der Waals surface area contributed by atoms with Gasteiger partial charge in [-0.2, -0.15) is 0 Å². The Hall–Kier alpha value is -2.70. The number of aliphatic carboxylic acids is 1. The van der Waals surface area contributed by atoms with E-state index in [0.717, 1.165) is 0 Å². The standard InChI is InChI=1S/C14H16N2O5/c1-2-3-7-12(14(18)19)15-13(17)9-10-5-4-6-11(8-10)16(20)21/h2-6,8,12H,7,9H2,1H3,(H,15,17)(H,18,19)/b3-2+. The molecule has 0 bridgehead atoms. The van der Waals surface area contributed by atoms with E-state index in [9.17, 15) is 19.7 Å². The molecule has 2 N–H and O–H groups in total. The number of rotatable bonds is 7. The highest BCUT2D eigenvalue weighted by atomic mass is 16.6. The molecule has 0 saturated carbocycles. The van der Waals surface area contributed by atoms with E-state index in [1.165, 1.54) is 18.2 Å². The van der Waals surface area contributed by atoms with Crippen LogP contribution >= 0.6 is 0 Å². The summed E-state index contributed by atoms with van der Waals surface area (Å²) >= 11 is 0. The lowest BCUT2D eigenvalue weighted by molar-refractivity contribution is -0.384. The molecule has 1 atom stereocenters. The second-order valence-corrected chi connectivity index (χ2v) is 4.37. The molecule has 0 saturated heterocycles. The summed E-state index contributed by atoms with van der Waals surface area (Å²) in [6, 6.07) is 4.67. The van der Waals surface area contributed by atoms with Gasteiger partial charge < -0.3 is 10.4 Å². The minimum Gasteiger partial charge on any atom is -0.480 e. The first-order chi connectivity index (χ1) is 9.93. The van der Waals surface area contributed by atoms with Crippen LogP contribution in [0.3, 0.4) is 0 Å². The van der Waals surface area contributed by atoms with Crippen molar-refractivity contribution in [2.24, 2.45) is 0 Å². The highest BCUT2D eigenvalue weighted by molar-refractivity contribution is 5.85. The maximum atomic E-state index is 11.8. The first-order valence-electron chi connectivity index (χ1n) is 6.30. The Morgan fingerprint density at radius 3 is 2.76 bits per heavy atom. The van der Waals surface area contributed by atoms with Crippen LogP contribution in [0.2, 0.25) is 0 Å². The fourth-order valence-electron chi connectivity index (χ4n) is 1.70. The van der Waals surface area contributed by atoms with E-state index in [0.29, 0.717) is 5.56 Å². The summed E-state index contributed by atoms with van der Waals surface area (Å²) in [5, 5.41) is 22.0. The minimum absolute atomic E-state index is 0.107. The summed E-state index contributed by atoms with van der Waals surface area (Å²) in [4.78, 5) is 32.9. The quantitative estimate of drug-likeness (QED) is 0.451. The fourth-order valence-corrected chi connectivity index (χ4v) is 1.70. The van der Waals surface area contributed by atoms with Crippen LogP contribution in [0, 0.1) is 10.1 Å². The number of allylic oxidation sites excluding steroid dienone is 1. The van der Waals surface area contributed by atoms with Gasteiger partial charge in [0.15, 0.2) is 0 Å². The predicted octanol–water partition coefficient (Wildman–Crippen LogP) is 1.67. The number of benzene rings is 1. The monoisotopic (exact) mass is 292 g/mol. The Labute approximate surface area is 121 Å². The molecule has 1 rings (SSSR count). The third-order valence-corrected chi connectivity index (χ3v) is 2.73. The van der Waals surface area contributed by atoms with E-state index in [2.05, 4.69) is 5.32 Å². The van der Waals surface area contributed by atoms with Gasteiger partial charge in [0, 0.05) is 12.1 Å². The zero-order chi connectivity index (χ0) is 15.8. The van der Waals surface area contributed by atoms with Gasteiger partial charge in [0.25, 0.3) is 5.69 Å². The van der Waals surface area contributed by atoms with Crippen LogP contribution in [-0.4, -0.2) is 27.9 Å². The molecule has 21 heavy (non-hydrogen) atoms. The zero-order valence-electron chi connectivity index (χ0n) is 11.5. The number of nitrogens with zero attached hydrogens (tertiary/aromatic N) is 1. The molecule has 7 nitrogen and oxygen atoms in total. The molecule has 1 aromatic rings. The van der Waals surface area contributed by atoms with Crippen LogP contribution in [0.5, 0.6) is 0 Å². The van der Waals surface area contributed by atoms with Crippen molar-refractivity contribution < 1.29 is 19.6 Å². The molecular weight excluding hydrogens is 276 g/mol. The van der Waals surface area contributed by atoms with Gasteiger partial charge in [-0.05, 0) is 18.9 Å². The van der Waals surface area contributed by atoms with Gasteiger partial charge in [-0.3, -0.25) is 14.9 Å². The lowest BCUT2D eigenvalue weighted by atomic mass is 10.1. The van der Waals surface area contributed by atoms with Gasteiger partial charge in [0.2, 0.25) is 5.91 Å². The van der Waals surface area contributed by atoms with Crippen molar-refractivity contribution in [3.05, 3.63) is 52.1 Å². The zero-order valence-corrected chi connectivity index (χ0v) is 11.5. The normalized spacial score (nSPS) is 12.0. The summed E-state index contributed by atoms with van der Waals surface area (Å²) in [5.41, 5.74) is 0.348. The second-order valence-electron chi connectivity index (χ2n) is 4.37. The summed E-state index contributed by atoms with van der Waals surface area (Å²) in [6.45, 7) is 1.75. The van der Waals surface area contributed by atoms with Crippen molar-refractivity contribution in [1.29, 1.82) is 0 Å². The van der Waals surface area contributed by atoms with E-state index >= 15 is 0 Å². The van der Waals surface area contributed by atoms with E-state index < -0.39 is 22.8 Å². The molecule has 7 heteroatoms. The van der Waals surface area contributed by atoms with Gasteiger partial charge in [0.05, 0.1) is 11.3 Å². The number of hydrogen-bond acceptors (Lipinski definition) is 4. The number of nitro groups is 1. The van der Waals surface area contributed by atoms with Gasteiger partial charge in [0.1, 0.15) is 6.04 Å². The van der Waals surface area contributed by atoms with Crippen molar-refractivity contribution in [2.75, 3.05) is 0 Å². The van der Waals surface area contributed by atoms with Crippen LogP contribution in [0.25, 0.3) is 0 Å². The number of hydrogen-bond donors (Lipinski definition) is 2. The molecule has 0 heterocycles. The average Bonchev–Trinajstić information content (AvgIpc) is 2.43. The first-order valence-corrected chi connectivity index (χ1v) is 6.30. The van der Waals surface area contributed by atoms with Crippen LogP contribution in [0.15, 0.2) is 36.4 Å². The lowest BCUT2D eigenvalue weighted by Gasteiger charge is -2.12. The van der Waals surface area contributed by atoms with Crippen LogP contribution in [0.4, 0.5) is 5.69 Å². The number of nitrogens with one attached hydrogen (secondary N) is 1. The van der Waals surface area contributed by atoms with Crippen LogP contribution in [-0.2, 0) is 16.0 Å². The Morgan fingerprint density at radius 1 is 1.48 bits per heavy atom. The molecule has 1 amide bonds. The Bertz CT molecular complexity index is 568. The Kier molecular flexibility index (Phi) is 6.06. The molecular formula is C14H16N2O5. The molecule has 0 fully saturated rings. The van der Waals surface area contributed by atoms with Crippen LogP contribution in [0.1, 0.15) is 18.9 Å². The smallest absolute Gasteiger partial charge is 0.326 e. The second kappa shape index (κ2) is 7.78. The van der Waals surface area contributed by atoms with Gasteiger partial charge >= 0.3 is 5.97 Å². The molecule has 0 aliphatic carbocycles. The molecule has 0 spiro atoms. The fraction of sp³-hybridized carbons (Fsp3) is 0.286. The van der Waals surface area contributed by atoms with E-state index in [1.54, 1.807) is 25.1 Å². The third kappa shape index (κ3) is 5.43. The maximum Gasteiger partial charge on any atom is 0.326 e. The summed E-state index contributed by atoms with van der Waals surface area (Å²) in [6.07, 6.45) is 3.42. The number of amides is 1. The molecule has 0 aliphatic rings. The highest BCUT2D eigenvalue weighted by Gasteiger charge is 2.18. The molecule has 0 aromatic heterocycles. The summed E-state index contributed by atoms with van der Waals surface area (Å²) in [5.74, 6) is -1.62. The summed E-state index contributed by atoms with van der Waals surface area (Å²) < 4.78 is 0. The number of carbonyl (C=O) groups is 2.